The van der Waals surface area contributed by atoms with E-state index in [0.29, 0.717) is 25.4 Å². The Hall–Kier alpha value is -1.60. The zero-order valence-electron chi connectivity index (χ0n) is 11.7. The summed E-state index contributed by atoms with van der Waals surface area (Å²) in [6.45, 7) is 5.22. The van der Waals surface area contributed by atoms with Gasteiger partial charge in [-0.1, -0.05) is 13.8 Å². The summed E-state index contributed by atoms with van der Waals surface area (Å²) in [7, 11) is -3.66. The average Bonchev–Trinajstić information content (AvgIpc) is 2.36. The molecule has 0 aromatic heterocycles. The minimum Gasteiger partial charge on any atom is -0.385 e. The molecular weight excluding hydrogens is 278 g/mol. The van der Waals surface area contributed by atoms with E-state index >= 15 is 0 Å². The highest BCUT2D eigenvalue weighted by molar-refractivity contribution is 7.89. The van der Waals surface area contributed by atoms with Crippen molar-refractivity contribution < 1.29 is 13.2 Å². The van der Waals surface area contributed by atoms with E-state index < -0.39 is 10.0 Å². The van der Waals surface area contributed by atoms with Crippen LogP contribution < -0.4 is 15.8 Å². The Morgan fingerprint density at radius 3 is 2.35 bits per heavy atom. The molecule has 1 aromatic rings. The van der Waals surface area contributed by atoms with Crippen LogP contribution >= 0.6 is 0 Å². The molecular formula is C13H21N3O3S. The highest BCUT2D eigenvalue weighted by Crippen LogP contribution is 2.12. The first-order valence-corrected chi connectivity index (χ1v) is 7.97. The number of amides is 1. The van der Waals surface area contributed by atoms with Crippen LogP contribution in [0.3, 0.4) is 0 Å². The molecule has 0 bridgehead atoms. The molecule has 1 amide bonds. The quantitative estimate of drug-likeness (QED) is 0.696. The van der Waals surface area contributed by atoms with Crippen molar-refractivity contribution in [2.45, 2.75) is 25.2 Å². The van der Waals surface area contributed by atoms with E-state index in [9.17, 15) is 13.2 Å². The lowest BCUT2D eigenvalue weighted by atomic mass is 10.2. The number of nitrogens with two attached hydrogens (primary N) is 1. The Kier molecular flexibility index (Phi) is 5.97. The molecule has 0 unspecified atom stereocenters. The van der Waals surface area contributed by atoms with Gasteiger partial charge in [-0.25, -0.2) is 13.6 Å². The highest BCUT2D eigenvalue weighted by Gasteiger charge is 2.06. The van der Waals surface area contributed by atoms with E-state index in [0.717, 1.165) is 5.69 Å². The summed E-state index contributed by atoms with van der Waals surface area (Å²) in [5.41, 5.74) is 0.744. The molecule has 6 nitrogen and oxygen atoms in total. The van der Waals surface area contributed by atoms with Crippen molar-refractivity contribution in [2.24, 2.45) is 11.1 Å². The van der Waals surface area contributed by atoms with Crippen molar-refractivity contribution in [2.75, 3.05) is 18.4 Å². The number of carbonyl (C=O) groups is 1. The summed E-state index contributed by atoms with van der Waals surface area (Å²) in [4.78, 5) is 11.5. The Morgan fingerprint density at radius 2 is 1.85 bits per heavy atom. The van der Waals surface area contributed by atoms with E-state index in [1.807, 2.05) is 13.8 Å². The fraction of sp³-hybridized carbons (Fsp3) is 0.462. The Bertz CT molecular complexity index is 538. The van der Waals surface area contributed by atoms with E-state index in [1.165, 1.54) is 12.1 Å². The molecule has 0 aliphatic carbocycles. The van der Waals surface area contributed by atoms with Gasteiger partial charge in [-0.3, -0.25) is 4.79 Å². The average molecular weight is 299 g/mol. The van der Waals surface area contributed by atoms with E-state index in [2.05, 4.69) is 10.6 Å². The largest absolute Gasteiger partial charge is 0.385 e. The second-order valence-electron chi connectivity index (χ2n) is 4.94. The van der Waals surface area contributed by atoms with Crippen LogP contribution in [0, 0.1) is 5.92 Å². The van der Waals surface area contributed by atoms with Crippen LogP contribution in [0.5, 0.6) is 0 Å². The molecule has 112 valence electrons. The van der Waals surface area contributed by atoms with E-state index in [1.54, 1.807) is 12.1 Å². The number of hydrogen-bond acceptors (Lipinski definition) is 4. The van der Waals surface area contributed by atoms with Gasteiger partial charge in [0.25, 0.3) is 0 Å². The molecule has 7 heteroatoms. The number of nitrogens with one attached hydrogen (secondary N) is 2. The van der Waals surface area contributed by atoms with Crippen LogP contribution in [0.1, 0.15) is 20.3 Å². The fourth-order valence-corrected chi connectivity index (χ4v) is 2.00. The molecule has 1 rings (SSSR count). The van der Waals surface area contributed by atoms with E-state index in [-0.39, 0.29) is 10.8 Å². The Morgan fingerprint density at radius 1 is 1.25 bits per heavy atom. The smallest absolute Gasteiger partial charge is 0.238 e. The molecule has 0 radical (unpaired) electrons. The second-order valence-corrected chi connectivity index (χ2v) is 6.51. The van der Waals surface area contributed by atoms with Gasteiger partial charge in [0.2, 0.25) is 15.9 Å². The van der Waals surface area contributed by atoms with Gasteiger partial charge in [0, 0.05) is 25.2 Å². The molecule has 0 fully saturated rings. The summed E-state index contributed by atoms with van der Waals surface area (Å²) >= 11 is 0. The Balaban J connectivity index is 2.38. The van der Waals surface area contributed by atoms with Crippen LogP contribution in [0.2, 0.25) is 0 Å². The second kappa shape index (κ2) is 7.25. The van der Waals surface area contributed by atoms with Crippen LogP contribution in [-0.2, 0) is 14.8 Å². The topological polar surface area (TPSA) is 101 Å². The number of carbonyl (C=O) groups excluding carboxylic acids is 1. The van der Waals surface area contributed by atoms with Crippen molar-refractivity contribution in [3.05, 3.63) is 24.3 Å². The third-order valence-electron chi connectivity index (χ3n) is 2.57. The zero-order valence-corrected chi connectivity index (χ0v) is 12.5. The third-order valence-corrected chi connectivity index (χ3v) is 3.50. The van der Waals surface area contributed by atoms with Crippen molar-refractivity contribution in [3.8, 4) is 0 Å². The van der Waals surface area contributed by atoms with Crippen LogP contribution in [0.4, 0.5) is 5.69 Å². The van der Waals surface area contributed by atoms with Crippen molar-refractivity contribution >= 4 is 21.6 Å². The summed E-state index contributed by atoms with van der Waals surface area (Å²) < 4.78 is 22.2. The van der Waals surface area contributed by atoms with Gasteiger partial charge in [0.05, 0.1) is 4.90 Å². The molecule has 0 saturated heterocycles. The lowest BCUT2D eigenvalue weighted by molar-refractivity contribution is -0.120. The van der Waals surface area contributed by atoms with Gasteiger partial charge in [0.15, 0.2) is 0 Å². The first kappa shape index (κ1) is 16.5. The molecule has 0 aliphatic rings. The monoisotopic (exact) mass is 299 g/mol. The molecule has 0 heterocycles. The van der Waals surface area contributed by atoms with Crippen molar-refractivity contribution in [1.29, 1.82) is 0 Å². The van der Waals surface area contributed by atoms with Gasteiger partial charge in [-0.15, -0.1) is 0 Å². The van der Waals surface area contributed by atoms with Gasteiger partial charge in [-0.05, 0) is 30.2 Å². The summed E-state index contributed by atoms with van der Waals surface area (Å²) in [6.07, 6.45) is 0.365. The number of sulfonamides is 1. The summed E-state index contributed by atoms with van der Waals surface area (Å²) in [5.74, 6) is 0.421. The summed E-state index contributed by atoms with van der Waals surface area (Å²) in [5, 5.41) is 10.9. The standard InChI is InChI=1S/C13H21N3O3S/c1-10(2)9-16-13(17)7-8-15-11-3-5-12(6-4-11)20(14,18)19/h3-6,10,15H,7-9H2,1-2H3,(H,16,17)(H2,14,18,19). The molecule has 20 heavy (non-hydrogen) atoms. The predicted molar refractivity (Wildman–Crippen MR) is 78.8 cm³/mol. The zero-order chi connectivity index (χ0) is 15.2. The minimum absolute atomic E-state index is 0.00708. The lowest BCUT2D eigenvalue weighted by Crippen LogP contribution is -2.28. The van der Waals surface area contributed by atoms with Gasteiger partial charge in [0.1, 0.15) is 0 Å². The molecule has 0 aliphatic heterocycles. The summed E-state index contributed by atoms with van der Waals surface area (Å²) in [6, 6.07) is 6.09. The van der Waals surface area contributed by atoms with Gasteiger partial charge < -0.3 is 10.6 Å². The maximum Gasteiger partial charge on any atom is 0.238 e. The number of benzene rings is 1. The van der Waals surface area contributed by atoms with Gasteiger partial charge in [-0.2, -0.15) is 0 Å². The van der Waals surface area contributed by atoms with Crippen molar-refractivity contribution in [1.82, 2.24) is 5.32 Å². The first-order chi connectivity index (χ1) is 9.29. The molecule has 1 aromatic carbocycles. The molecule has 0 spiro atoms. The van der Waals surface area contributed by atoms with Crippen LogP contribution in [0.15, 0.2) is 29.2 Å². The minimum atomic E-state index is -3.66. The molecule has 0 saturated carbocycles. The number of hydrogen-bond donors (Lipinski definition) is 3. The van der Waals surface area contributed by atoms with Crippen LogP contribution in [-0.4, -0.2) is 27.4 Å². The molecule has 4 N–H and O–H groups in total. The maximum atomic E-state index is 11.5. The van der Waals surface area contributed by atoms with Crippen molar-refractivity contribution in [3.63, 3.8) is 0 Å². The number of anilines is 1. The number of rotatable bonds is 7. The van der Waals surface area contributed by atoms with E-state index in [4.69, 9.17) is 5.14 Å². The first-order valence-electron chi connectivity index (χ1n) is 6.42. The lowest BCUT2D eigenvalue weighted by Gasteiger charge is -2.09. The number of primary sulfonamides is 1. The molecule has 0 atom stereocenters. The fourth-order valence-electron chi connectivity index (χ4n) is 1.49. The normalized spacial score (nSPS) is 11.4. The highest BCUT2D eigenvalue weighted by atomic mass is 32.2. The Labute approximate surface area is 119 Å². The van der Waals surface area contributed by atoms with Gasteiger partial charge >= 0.3 is 0 Å². The predicted octanol–water partition coefficient (Wildman–Crippen LogP) is 0.908. The maximum absolute atomic E-state index is 11.5. The third kappa shape index (κ3) is 6.03. The SMILES string of the molecule is CC(C)CNC(=O)CCNc1ccc(S(N)(=O)=O)cc1. The van der Waals surface area contributed by atoms with Crippen LogP contribution in [0.25, 0.3) is 0 Å².